The first-order valence-electron chi connectivity index (χ1n) is 7.60. The fraction of sp³-hybridized carbons (Fsp3) is 0.846. The average Bonchev–Trinajstić information content (AvgIpc) is 3.18. The van der Waals surface area contributed by atoms with Crippen LogP contribution in [0, 0.1) is 0 Å². The van der Waals surface area contributed by atoms with E-state index in [2.05, 4.69) is 14.8 Å². The summed E-state index contributed by atoms with van der Waals surface area (Å²) >= 11 is 0. The lowest BCUT2D eigenvalue weighted by molar-refractivity contribution is 0.336. The van der Waals surface area contributed by atoms with Gasteiger partial charge in [0.2, 0.25) is 0 Å². The second-order valence-electron chi connectivity index (χ2n) is 6.09. The predicted octanol–water partition coefficient (Wildman–Crippen LogP) is 1.34. The zero-order chi connectivity index (χ0) is 15.0. The fourth-order valence-electron chi connectivity index (χ4n) is 3.44. The normalized spacial score (nSPS) is 25.2. The first-order valence-corrected chi connectivity index (χ1v) is 9.00. The molecule has 1 unspecified atom stereocenters. The number of rotatable bonds is 4. The second-order valence-corrected chi connectivity index (χ2v) is 8.19. The molecule has 1 aromatic rings. The van der Waals surface area contributed by atoms with Crippen LogP contribution in [0.4, 0.5) is 0 Å². The molecule has 1 saturated carbocycles. The Balaban J connectivity index is 1.91. The summed E-state index contributed by atoms with van der Waals surface area (Å²) in [5, 5.41) is 8.30. The van der Waals surface area contributed by atoms with Crippen LogP contribution in [0.3, 0.4) is 0 Å². The highest BCUT2D eigenvalue weighted by Crippen LogP contribution is 2.37. The number of aromatic nitrogens is 3. The smallest absolute Gasteiger partial charge is 0.282 e. The zero-order valence-corrected chi connectivity index (χ0v) is 13.5. The van der Waals surface area contributed by atoms with Crippen molar-refractivity contribution in [3.8, 4) is 0 Å². The summed E-state index contributed by atoms with van der Waals surface area (Å²) in [5.41, 5.74) is 0. The quantitative estimate of drug-likeness (QED) is 0.841. The van der Waals surface area contributed by atoms with E-state index < -0.39 is 10.2 Å². The van der Waals surface area contributed by atoms with Crippen molar-refractivity contribution in [2.45, 2.75) is 50.6 Å². The molecule has 0 bridgehead atoms. The summed E-state index contributed by atoms with van der Waals surface area (Å²) < 4.78 is 29.9. The minimum atomic E-state index is -3.41. The standard InChI is InChI=1S/C13H23N5O2S/c1-16(2)21(19,20)18-9-5-8-12(18)13-15-14-10-17(13)11-6-3-4-7-11/h10-12H,3-9H2,1-2H3. The van der Waals surface area contributed by atoms with E-state index in [-0.39, 0.29) is 6.04 Å². The fourth-order valence-corrected chi connectivity index (χ4v) is 4.74. The molecule has 118 valence electrons. The molecule has 0 aromatic carbocycles. The van der Waals surface area contributed by atoms with Crippen LogP contribution in [0.15, 0.2) is 6.33 Å². The van der Waals surface area contributed by atoms with Gasteiger partial charge in [-0.3, -0.25) is 0 Å². The third kappa shape index (κ3) is 2.60. The Morgan fingerprint density at radius 1 is 1.19 bits per heavy atom. The second kappa shape index (κ2) is 5.66. The van der Waals surface area contributed by atoms with E-state index in [1.807, 2.05) is 0 Å². The number of hydrogen-bond acceptors (Lipinski definition) is 4. The van der Waals surface area contributed by atoms with Gasteiger partial charge in [-0.05, 0) is 25.7 Å². The topological polar surface area (TPSA) is 71.3 Å². The van der Waals surface area contributed by atoms with E-state index >= 15 is 0 Å². The molecule has 1 atom stereocenters. The SMILES string of the molecule is CN(C)S(=O)(=O)N1CCCC1c1nncn1C1CCCC1. The minimum Gasteiger partial charge on any atom is -0.313 e. The van der Waals surface area contributed by atoms with Crippen molar-refractivity contribution in [1.82, 2.24) is 23.4 Å². The van der Waals surface area contributed by atoms with Gasteiger partial charge < -0.3 is 4.57 Å². The molecule has 8 heteroatoms. The van der Waals surface area contributed by atoms with Crippen LogP contribution in [0.25, 0.3) is 0 Å². The molecule has 2 heterocycles. The molecule has 1 aromatic heterocycles. The minimum absolute atomic E-state index is 0.180. The molecule has 0 N–H and O–H groups in total. The van der Waals surface area contributed by atoms with Crippen LogP contribution in [0.1, 0.15) is 56.4 Å². The van der Waals surface area contributed by atoms with Gasteiger partial charge in [0.1, 0.15) is 6.33 Å². The summed E-state index contributed by atoms with van der Waals surface area (Å²) in [6.45, 7) is 0.558. The van der Waals surface area contributed by atoms with Gasteiger partial charge in [-0.15, -0.1) is 10.2 Å². The molecule has 21 heavy (non-hydrogen) atoms. The molecule has 3 rings (SSSR count). The molecule has 7 nitrogen and oxygen atoms in total. The van der Waals surface area contributed by atoms with E-state index in [0.29, 0.717) is 12.6 Å². The van der Waals surface area contributed by atoms with Crippen molar-refractivity contribution >= 4 is 10.2 Å². The summed E-state index contributed by atoms with van der Waals surface area (Å²) in [7, 11) is -0.255. The predicted molar refractivity (Wildman–Crippen MR) is 78.8 cm³/mol. The molecular weight excluding hydrogens is 290 g/mol. The summed E-state index contributed by atoms with van der Waals surface area (Å²) in [5.74, 6) is 0.810. The van der Waals surface area contributed by atoms with Crippen molar-refractivity contribution in [1.29, 1.82) is 0 Å². The Kier molecular flexibility index (Phi) is 4.02. The van der Waals surface area contributed by atoms with Gasteiger partial charge in [-0.2, -0.15) is 17.0 Å². The first-order chi connectivity index (χ1) is 10.0. The monoisotopic (exact) mass is 313 g/mol. The van der Waals surface area contributed by atoms with Gasteiger partial charge in [0.15, 0.2) is 5.82 Å². The van der Waals surface area contributed by atoms with Crippen LogP contribution < -0.4 is 0 Å². The number of nitrogens with zero attached hydrogens (tertiary/aromatic N) is 5. The van der Waals surface area contributed by atoms with Crippen molar-refractivity contribution in [2.75, 3.05) is 20.6 Å². The molecule has 0 amide bonds. The van der Waals surface area contributed by atoms with Crippen molar-refractivity contribution in [3.05, 3.63) is 12.2 Å². The third-order valence-electron chi connectivity index (χ3n) is 4.58. The molecule has 1 aliphatic heterocycles. The van der Waals surface area contributed by atoms with Gasteiger partial charge in [0, 0.05) is 26.7 Å². The molecule has 0 spiro atoms. The van der Waals surface area contributed by atoms with Gasteiger partial charge in [0.25, 0.3) is 10.2 Å². The molecule has 0 radical (unpaired) electrons. The largest absolute Gasteiger partial charge is 0.313 e. The molecular formula is C13H23N5O2S. The van der Waals surface area contributed by atoms with Crippen LogP contribution in [-0.2, 0) is 10.2 Å². The molecule has 1 aliphatic carbocycles. The van der Waals surface area contributed by atoms with Crippen LogP contribution in [0.2, 0.25) is 0 Å². The summed E-state index contributed by atoms with van der Waals surface area (Å²) in [6, 6.07) is 0.250. The lowest BCUT2D eigenvalue weighted by atomic mass is 10.2. The maximum atomic E-state index is 12.5. The van der Waals surface area contributed by atoms with Crippen molar-refractivity contribution in [2.24, 2.45) is 0 Å². The Morgan fingerprint density at radius 2 is 1.90 bits per heavy atom. The third-order valence-corrected chi connectivity index (χ3v) is 6.53. The van der Waals surface area contributed by atoms with E-state index in [1.165, 1.54) is 17.1 Å². The lowest BCUT2D eigenvalue weighted by Crippen LogP contribution is -2.40. The Hall–Kier alpha value is -0.990. The van der Waals surface area contributed by atoms with Gasteiger partial charge in [-0.25, -0.2) is 0 Å². The highest BCUT2D eigenvalue weighted by Gasteiger charge is 2.39. The van der Waals surface area contributed by atoms with Gasteiger partial charge in [0.05, 0.1) is 6.04 Å². The Bertz CT molecular complexity index is 591. The van der Waals surface area contributed by atoms with Crippen LogP contribution >= 0.6 is 0 Å². The maximum absolute atomic E-state index is 12.5. The molecule has 2 aliphatic rings. The van der Waals surface area contributed by atoms with E-state index in [0.717, 1.165) is 31.5 Å². The van der Waals surface area contributed by atoms with Crippen molar-refractivity contribution in [3.63, 3.8) is 0 Å². The first kappa shape index (κ1) is 14.9. The van der Waals surface area contributed by atoms with Gasteiger partial charge in [-0.1, -0.05) is 12.8 Å². The Morgan fingerprint density at radius 3 is 2.57 bits per heavy atom. The van der Waals surface area contributed by atoms with Crippen LogP contribution in [0.5, 0.6) is 0 Å². The van der Waals surface area contributed by atoms with E-state index in [9.17, 15) is 8.42 Å². The molecule has 1 saturated heterocycles. The highest BCUT2D eigenvalue weighted by atomic mass is 32.2. The van der Waals surface area contributed by atoms with E-state index in [1.54, 1.807) is 24.7 Å². The van der Waals surface area contributed by atoms with Gasteiger partial charge >= 0.3 is 0 Å². The summed E-state index contributed by atoms with van der Waals surface area (Å²) in [4.78, 5) is 0. The maximum Gasteiger partial charge on any atom is 0.282 e. The van der Waals surface area contributed by atoms with Crippen molar-refractivity contribution < 1.29 is 8.42 Å². The lowest BCUT2D eigenvalue weighted by Gasteiger charge is -2.27. The molecule has 2 fully saturated rings. The zero-order valence-electron chi connectivity index (χ0n) is 12.6. The van der Waals surface area contributed by atoms with Crippen LogP contribution in [-0.4, -0.2) is 52.4 Å². The van der Waals surface area contributed by atoms with E-state index in [4.69, 9.17) is 0 Å². The summed E-state index contributed by atoms with van der Waals surface area (Å²) in [6.07, 6.45) is 8.19. The number of hydrogen-bond donors (Lipinski definition) is 0. The Labute approximate surface area is 126 Å². The highest BCUT2D eigenvalue weighted by molar-refractivity contribution is 7.86. The average molecular weight is 313 g/mol.